The molecule has 25 heavy (non-hydrogen) atoms. The Hall–Kier alpha value is -1.49. The Morgan fingerprint density at radius 1 is 0.840 bits per heavy atom. The zero-order valence-corrected chi connectivity index (χ0v) is 15.8. The van der Waals surface area contributed by atoms with Crippen molar-refractivity contribution in [1.29, 1.82) is 0 Å². The van der Waals surface area contributed by atoms with E-state index in [1.54, 1.807) is 6.07 Å². The molecule has 1 nitrogen and oxygen atoms in total. The van der Waals surface area contributed by atoms with Crippen LogP contribution in [0.4, 0.5) is 13.2 Å². The van der Waals surface area contributed by atoms with E-state index < -0.39 is 17.5 Å². The highest BCUT2D eigenvalue weighted by Gasteiger charge is 2.18. The smallest absolute Gasteiger partial charge is 0.201 e. The second kappa shape index (κ2) is 9.85. The van der Waals surface area contributed by atoms with E-state index in [1.165, 1.54) is 43.5 Å². The molecule has 136 valence electrons. The summed E-state index contributed by atoms with van der Waals surface area (Å²) >= 11 is 3.14. The van der Waals surface area contributed by atoms with Crippen LogP contribution in [0.1, 0.15) is 45.4 Å². The van der Waals surface area contributed by atoms with Gasteiger partial charge in [0.1, 0.15) is 5.82 Å². The molecule has 0 aliphatic carbocycles. The van der Waals surface area contributed by atoms with Gasteiger partial charge in [-0.05, 0) is 30.7 Å². The first-order valence-corrected chi connectivity index (χ1v) is 9.40. The van der Waals surface area contributed by atoms with E-state index in [1.807, 2.05) is 0 Å². The number of ether oxygens (including phenoxy) is 1. The molecule has 2 rings (SSSR count). The Morgan fingerprint density at radius 3 is 2.24 bits per heavy atom. The molecule has 0 aromatic heterocycles. The van der Waals surface area contributed by atoms with Crippen LogP contribution >= 0.6 is 15.9 Å². The zero-order valence-electron chi connectivity index (χ0n) is 14.3. The number of hydrogen-bond acceptors (Lipinski definition) is 1. The van der Waals surface area contributed by atoms with E-state index >= 15 is 0 Å². The fourth-order valence-corrected chi connectivity index (χ4v) is 2.96. The van der Waals surface area contributed by atoms with Gasteiger partial charge in [-0.15, -0.1) is 0 Å². The molecule has 0 fully saturated rings. The third-order valence-electron chi connectivity index (χ3n) is 4.02. The second-order valence-corrected chi connectivity index (χ2v) is 6.90. The number of unbranched alkanes of at least 4 members (excludes halogenated alkanes) is 5. The van der Waals surface area contributed by atoms with Crippen molar-refractivity contribution in [3.05, 3.63) is 52.3 Å². The summed E-state index contributed by atoms with van der Waals surface area (Å²) in [4.78, 5) is 0. The molecule has 2 aromatic carbocycles. The van der Waals surface area contributed by atoms with Gasteiger partial charge < -0.3 is 4.74 Å². The van der Waals surface area contributed by atoms with Crippen molar-refractivity contribution in [3.63, 3.8) is 0 Å². The molecule has 0 saturated carbocycles. The molecule has 0 aliphatic heterocycles. The SMILES string of the molecule is CCCCCCCCOc1ccc(-c2ccc(Br)cc2F)c(F)c1F. The lowest BCUT2D eigenvalue weighted by molar-refractivity contribution is 0.285. The van der Waals surface area contributed by atoms with Gasteiger partial charge in [0.15, 0.2) is 11.6 Å². The highest BCUT2D eigenvalue weighted by atomic mass is 79.9. The first-order valence-electron chi connectivity index (χ1n) is 8.60. The van der Waals surface area contributed by atoms with Crippen LogP contribution < -0.4 is 4.74 Å². The molecule has 0 unspecified atom stereocenters. The summed E-state index contributed by atoms with van der Waals surface area (Å²) in [5.41, 5.74) is -0.100. The summed E-state index contributed by atoms with van der Waals surface area (Å²) in [7, 11) is 0. The van der Waals surface area contributed by atoms with Crippen LogP contribution in [0, 0.1) is 17.5 Å². The number of hydrogen-bond donors (Lipinski definition) is 0. The Morgan fingerprint density at radius 2 is 1.52 bits per heavy atom. The van der Waals surface area contributed by atoms with E-state index in [-0.39, 0.29) is 16.9 Å². The maximum atomic E-state index is 14.3. The molecular weight excluding hydrogens is 393 g/mol. The minimum Gasteiger partial charge on any atom is -0.490 e. The Balaban J connectivity index is 2.00. The zero-order chi connectivity index (χ0) is 18.2. The summed E-state index contributed by atoms with van der Waals surface area (Å²) in [5, 5.41) is 0. The molecular formula is C20H22BrF3O. The van der Waals surface area contributed by atoms with Crippen LogP contribution in [-0.4, -0.2) is 6.61 Å². The van der Waals surface area contributed by atoms with Crippen LogP contribution in [0.2, 0.25) is 0 Å². The molecule has 2 aromatic rings. The van der Waals surface area contributed by atoms with Gasteiger partial charge in [-0.2, -0.15) is 4.39 Å². The highest BCUT2D eigenvalue weighted by Crippen LogP contribution is 2.32. The van der Waals surface area contributed by atoms with E-state index in [9.17, 15) is 13.2 Å². The number of halogens is 4. The van der Waals surface area contributed by atoms with Crippen molar-refractivity contribution < 1.29 is 17.9 Å². The van der Waals surface area contributed by atoms with Crippen molar-refractivity contribution in [2.24, 2.45) is 0 Å². The molecule has 0 atom stereocenters. The summed E-state index contributed by atoms with van der Waals surface area (Å²) in [5.74, 6) is -2.92. The fourth-order valence-electron chi connectivity index (χ4n) is 2.62. The standard InChI is InChI=1S/C20H22BrF3O/c1-2-3-4-5-6-7-12-25-18-11-10-16(19(23)20(18)24)15-9-8-14(21)13-17(15)22/h8-11,13H,2-7,12H2,1H3. The molecule has 0 radical (unpaired) electrons. The normalized spacial score (nSPS) is 10.9. The van der Waals surface area contributed by atoms with Crippen molar-refractivity contribution in [2.45, 2.75) is 45.4 Å². The quantitative estimate of drug-likeness (QED) is 0.391. The minimum atomic E-state index is -1.10. The lowest BCUT2D eigenvalue weighted by Gasteiger charge is -2.11. The van der Waals surface area contributed by atoms with Crippen LogP contribution in [-0.2, 0) is 0 Å². The predicted octanol–water partition coefficient (Wildman–Crippen LogP) is 7.27. The Kier molecular flexibility index (Phi) is 7.82. The average molecular weight is 415 g/mol. The molecule has 5 heteroatoms. The second-order valence-electron chi connectivity index (χ2n) is 5.98. The molecule has 0 spiro atoms. The monoisotopic (exact) mass is 414 g/mol. The molecule has 0 saturated heterocycles. The van der Waals surface area contributed by atoms with Crippen molar-refractivity contribution in [1.82, 2.24) is 0 Å². The molecule has 0 amide bonds. The molecule has 0 aliphatic rings. The summed E-state index contributed by atoms with van der Waals surface area (Å²) < 4.78 is 48.4. The van der Waals surface area contributed by atoms with Crippen molar-refractivity contribution >= 4 is 15.9 Å². The van der Waals surface area contributed by atoms with Crippen molar-refractivity contribution in [3.8, 4) is 16.9 Å². The van der Waals surface area contributed by atoms with E-state index in [4.69, 9.17) is 4.74 Å². The van der Waals surface area contributed by atoms with E-state index in [0.29, 0.717) is 11.1 Å². The predicted molar refractivity (Wildman–Crippen MR) is 98.3 cm³/mol. The lowest BCUT2D eigenvalue weighted by Crippen LogP contribution is -2.02. The van der Waals surface area contributed by atoms with Gasteiger partial charge in [-0.1, -0.05) is 61.0 Å². The van der Waals surface area contributed by atoms with Gasteiger partial charge in [-0.3, -0.25) is 0 Å². The third-order valence-corrected chi connectivity index (χ3v) is 4.52. The highest BCUT2D eigenvalue weighted by molar-refractivity contribution is 9.10. The topological polar surface area (TPSA) is 9.23 Å². The van der Waals surface area contributed by atoms with Gasteiger partial charge in [0.2, 0.25) is 5.82 Å². The van der Waals surface area contributed by atoms with Gasteiger partial charge in [-0.25, -0.2) is 8.78 Å². The number of rotatable bonds is 9. The lowest BCUT2D eigenvalue weighted by atomic mass is 10.0. The molecule has 0 N–H and O–H groups in total. The molecule has 0 heterocycles. The maximum Gasteiger partial charge on any atom is 0.201 e. The van der Waals surface area contributed by atoms with E-state index in [2.05, 4.69) is 22.9 Å². The van der Waals surface area contributed by atoms with Crippen LogP contribution in [0.3, 0.4) is 0 Å². The van der Waals surface area contributed by atoms with Gasteiger partial charge in [0.05, 0.1) is 6.61 Å². The first-order chi connectivity index (χ1) is 12.0. The van der Waals surface area contributed by atoms with Crippen LogP contribution in [0.15, 0.2) is 34.8 Å². The van der Waals surface area contributed by atoms with Gasteiger partial charge in [0.25, 0.3) is 0 Å². The van der Waals surface area contributed by atoms with Gasteiger partial charge >= 0.3 is 0 Å². The van der Waals surface area contributed by atoms with Gasteiger partial charge in [0, 0.05) is 15.6 Å². The minimum absolute atomic E-state index is 0.0158. The van der Waals surface area contributed by atoms with Crippen LogP contribution in [0.25, 0.3) is 11.1 Å². The summed E-state index contributed by atoms with van der Waals surface area (Å²) in [6.07, 6.45) is 6.52. The fraction of sp³-hybridized carbons (Fsp3) is 0.400. The van der Waals surface area contributed by atoms with E-state index in [0.717, 1.165) is 19.3 Å². The molecule has 0 bridgehead atoms. The summed E-state index contributed by atoms with van der Waals surface area (Å²) in [6, 6.07) is 6.91. The van der Waals surface area contributed by atoms with Crippen LogP contribution in [0.5, 0.6) is 5.75 Å². The third kappa shape index (κ3) is 5.50. The average Bonchev–Trinajstić information content (AvgIpc) is 2.58. The van der Waals surface area contributed by atoms with Crippen molar-refractivity contribution in [2.75, 3.05) is 6.61 Å². The summed E-state index contributed by atoms with van der Waals surface area (Å²) in [6.45, 7) is 2.50. The maximum absolute atomic E-state index is 14.3. The Labute approximate surface area is 155 Å². The first kappa shape index (κ1) is 19.8. The largest absolute Gasteiger partial charge is 0.490 e. The Bertz CT molecular complexity index is 704. The number of benzene rings is 2.